The molecule has 0 saturated carbocycles. The Balaban J connectivity index is 1.92. The quantitative estimate of drug-likeness (QED) is 0.517. The average molecular weight is 403 g/mol. The van der Waals surface area contributed by atoms with Gasteiger partial charge in [0.25, 0.3) is 5.91 Å². The summed E-state index contributed by atoms with van der Waals surface area (Å²) in [5.74, 6) is 0.562. The fraction of sp³-hybridized carbons (Fsp3) is 0.286. The number of anilines is 1. The molecule has 0 radical (unpaired) electrons. The van der Waals surface area contributed by atoms with Crippen LogP contribution in [0.2, 0.25) is 0 Å². The molecule has 0 spiro atoms. The Hall–Kier alpha value is -2.80. The van der Waals surface area contributed by atoms with E-state index in [0.717, 1.165) is 23.1 Å². The Morgan fingerprint density at radius 2 is 1.86 bits per heavy atom. The van der Waals surface area contributed by atoms with E-state index in [1.54, 1.807) is 24.3 Å². The van der Waals surface area contributed by atoms with E-state index < -0.39 is 10.0 Å². The molecule has 0 aliphatic heterocycles. The maximum atomic E-state index is 12.3. The largest absolute Gasteiger partial charge is 0.491 e. The zero-order valence-corrected chi connectivity index (χ0v) is 17.3. The molecule has 6 nitrogen and oxygen atoms in total. The molecular formula is C21H26N2O4S. The van der Waals surface area contributed by atoms with E-state index in [1.165, 1.54) is 10.4 Å². The molecule has 7 heteroatoms. The maximum absolute atomic E-state index is 12.3. The van der Waals surface area contributed by atoms with Gasteiger partial charge >= 0.3 is 0 Å². The van der Waals surface area contributed by atoms with Gasteiger partial charge in [0.1, 0.15) is 12.4 Å². The number of sulfonamides is 1. The van der Waals surface area contributed by atoms with Gasteiger partial charge in [-0.15, -0.1) is 6.58 Å². The fourth-order valence-electron chi connectivity index (χ4n) is 2.62. The summed E-state index contributed by atoms with van der Waals surface area (Å²) in [5, 5.41) is 2.80. The minimum atomic E-state index is -3.42. The van der Waals surface area contributed by atoms with Gasteiger partial charge in [0.15, 0.2) is 0 Å². The van der Waals surface area contributed by atoms with E-state index >= 15 is 0 Å². The van der Waals surface area contributed by atoms with Gasteiger partial charge in [-0.3, -0.25) is 9.10 Å². The zero-order chi connectivity index (χ0) is 20.7. The summed E-state index contributed by atoms with van der Waals surface area (Å²) < 4.78 is 30.7. The molecule has 0 aliphatic rings. The van der Waals surface area contributed by atoms with Gasteiger partial charge in [-0.05, 0) is 55.3 Å². The Labute approximate surface area is 166 Å². The van der Waals surface area contributed by atoms with Crippen molar-refractivity contribution < 1.29 is 17.9 Å². The van der Waals surface area contributed by atoms with E-state index in [4.69, 9.17) is 4.74 Å². The van der Waals surface area contributed by atoms with Gasteiger partial charge < -0.3 is 10.1 Å². The van der Waals surface area contributed by atoms with Crippen LogP contribution >= 0.6 is 0 Å². The molecule has 0 heterocycles. The number of rotatable bonds is 9. The summed E-state index contributed by atoms with van der Waals surface area (Å²) in [6.07, 6.45) is 2.64. The number of carbonyl (C=O) groups is 1. The molecule has 1 N–H and O–H groups in total. The van der Waals surface area contributed by atoms with E-state index in [1.807, 2.05) is 32.0 Å². The lowest BCUT2D eigenvalue weighted by Crippen LogP contribution is -2.30. The van der Waals surface area contributed by atoms with Crippen LogP contribution in [0.4, 0.5) is 5.69 Å². The molecule has 0 bridgehead atoms. The van der Waals surface area contributed by atoms with Crippen molar-refractivity contribution in [3.63, 3.8) is 0 Å². The van der Waals surface area contributed by atoms with Gasteiger partial charge in [-0.25, -0.2) is 8.42 Å². The van der Waals surface area contributed by atoms with Crippen LogP contribution in [0.25, 0.3) is 0 Å². The van der Waals surface area contributed by atoms with Crippen LogP contribution in [0.5, 0.6) is 5.75 Å². The number of hydrogen-bond acceptors (Lipinski definition) is 4. The van der Waals surface area contributed by atoms with E-state index in [9.17, 15) is 13.2 Å². The van der Waals surface area contributed by atoms with Crippen molar-refractivity contribution in [1.29, 1.82) is 0 Å². The van der Waals surface area contributed by atoms with Crippen molar-refractivity contribution in [3.8, 4) is 5.75 Å². The first kappa shape index (κ1) is 21.5. The number of aryl methyl sites for hydroxylation is 2. The summed E-state index contributed by atoms with van der Waals surface area (Å²) in [7, 11) is -3.42. The van der Waals surface area contributed by atoms with Crippen molar-refractivity contribution in [3.05, 3.63) is 71.8 Å². The highest BCUT2D eigenvalue weighted by Crippen LogP contribution is 2.19. The van der Waals surface area contributed by atoms with Crippen molar-refractivity contribution in [2.45, 2.75) is 13.8 Å². The van der Waals surface area contributed by atoms with Crippen molar-refractivity contribution in [2.24, 2.45) is 0 Å². The number of amides is 1. The first-order valence-corrected chi connectivity index (χ1v) is 10.7. The maximum Gasteiger partial charge on any atom is 0.251 e. The number of nitrogens with one attached hydrogen (secondary N) is 1. The number of nitrogens with zero attached hydrogens (tertiary/aromatic N) is 1. The summed E-state index contributed by atoms with van der Waals surface area (Å²) in [6, 6.07) is 12.4. The highest BCUT2D eigenvalue weighted by molar-refractivity contribution is 7.92. The molecule has 0 saturated heterocycles. The van der Waals surface area contributed by atoms with Crippen LogP contribution in [-0.4, -0.2) is 40.3 Å². The molecular weight excluding hydrogens is 376 g/mol. The number of benzene rings is 2. The molecule has 0 unspecified atom stereocenters. The molecule has 0 fully saturated rings. The summed E-state index contributed by atoms with van der Waals surface area (Å²) >= 11 is 0. The van der Waals surface area contributed by atoms with Gasteiger partial charge in [-0.2, -0.15) is 0 Å². The van der Waals surface area contributed by atoms with Crippen molar-refractivity contribution in [2.75, 3.05) is 30.3 Å². The first-order chi connectivity index (χ1) is 13.2. The molecule has 2 rings (SSSR count). The van der Waals surface area contributed by atoms with Gasteiger partial charge in [0, 0.05) is 5.56 Å². The highest BCUT2D eigenvalue weighted by atomic mass is 32.2. The van der Waals surface area contributed by atoms with Crippen molar-refractivity contribution >= 4 is 21.6 Å². The third-order valence-corrected chi connectivity index (χ3v) is 5.26. The second kappa shape index (κ2) is 9.41. The van der Waals surface area contributed by atoms with E-state index in [2.05, 4.69) is 11.9 Å². The van der Waals surface area contributed by atoms with Crippen LogP contribution in [0, 0.1) is 13.8 Å². The van der Waals surface area contributed by atoms with Crippen molar-refractivity contribution in [1.82, 2.24) is 5.32 Å². The SMILES string of the molecule is C=CCN(c1ccc(C(=O)NCCOc2cc(C)ccc2C)cc1)S(C)(=O)=O. The highest BCUT2D eigenvalue weighted by Gasteiger charge is 2.16. The summed E-state index contributed by atoms with van der Waals surface area (Å²) in [6.45, 7) is 8.43. The van der Waals surface area contributed by atoms with Crippen LogP contribution in [0.1, 0.15) is 21.5 Å². The molecule has 2 aromatic carbocycles. The second-order valence-corrected chi connectivity index (χ2v) is 8.41. The normalized spacial score (nSPS) is 11.0. The van der Waals surface area contributed by atoms with E-state index in [0.29, 0.717) is 24.4 Å². The zero-order valence-electron chi connectivity index (χ0n) is 16.4. The van der Waals surface area contributed by atoms with Crippen LogP contribution in [0.3, 0.4) is 0 Å². The molecule has 1 amide bonds. The topological polar surface area (TPSA) is 75.7 Å². The minimum absolute atomic E-state index is 0.167. The third-order valence-electron chi connectivity index (χ3n) is 4.10. The lowest BCUT2D eigenvalue weighted by molar-refractivity contribution is 0.0947. The first-order valence-electron chi connectivity index (χ1n) is 8.89. The standard InChI is InChI=1S/C21H26N2O4S/c1-5-13-23(28(4,25)26)19-10-8-18(9-11-19)21(24)22-12-14-27-20-15-16(2)6-7-17(20)3/h5-11,15H,1,12-14H2,2-4H3,(H,22,24). The smallest absolute Gasteiger partial charge is 0.251 e. The predicted octanol–water partition coefficient (Wildman–Crippen LogP) is 3.06. The van der Waals surface area contributed by atoms with Crippen LogP contribution in [0.15, 0.2) is 55.1 Å². The minimum Gasteiger partial charge on any atom is -0.491 e. The Bertz CT molecular complexity index is 937. The average Bonchev–Trinajstić information content (AvgIpc) is 2.65. The van der Waals surface area contributed by atoms with Gasteiger partial charge in [0.05, 0.1) is 25.0 Å². The second-order valence-electron chi connectivity index (χ2n) is 6.50. The third kappa shape index (κ3) is 5.85. The Morgan fingerprint density at radius 1 is 1.18 bits per heavy atom. The molecule has 0 aliphatic carbocycles. The lowest BCUT2D eigenvalue weighted by Gasteiger charge is -2.20. The Kier molecular flexibility index (Phi) is 7.23. The number of hydrogen-bond donors (Lipinski definition) is 1. The number of ether oxygens (including phenoxy) is 1. The Morgan fingerprint density at radius 3 is 2.46 bits per heavy atom. The van der Waals surface area contributed by atoms with Gasteiger partial charge in [-0.1, -0.05) is 18.2 Å². The molecule has 2 aromatic rings. The monoisotopic (exact) mass is 402 g/mol. The summed E-state index contributed by atoms with van der Waals surface area (Å²) in [5.41, 5.74) is 3.09. The molecule has 150 valence electrons. The fourth-order valence-corrected chi connectivity index (χ4v) is 3.50. The number of carbonyl (C=O) groups excluding carboxylic acids is 1. The molecule has 28 heavy (non-hydrogen) atoms. The van der Waals surface area contributed by atoms with Crippen LogP contribution < -0.4 is 14.4 Å². The van der Waals surface area contributed by atoms with E-state index in [-0.39, 0.29) is 12.5 Å². The lowest BCUT2D eigenvalue weighted by atomic mass is 10.1. The van der Waals surface area contributed by atoms with Gasteiger partial charge in [0.2, 0.25) is 10.0 Å². The van der Waals surface area contributed by atoms with Crippen LogP contribution in [-0.2, 0) is 10.0 Å². The molecule has 0 atom stereocenters. The molecule has 0 aromatic heterocycles. The predicted molar refractivity (Wildman–Crippen MR) is 113 cm³/mol. The summed E-state index contributed by atoms with van der Waals surface area (Å²) in [4.78, 5) is 12.3.